The SMILES string of the molecule is Cc1cc(N2CCOCC2)ccc1-c1ccoc1. The Hall–Kier alpha value is -1.74. The molecule has 1 fully saturated rings. The number of rotatable bonds is 2. The normalized spacial score (nSPS) is 15.9. The summed E-state index contributed by atoms with van der Waals surface area (Å²) in [4.78, 5) is 2.37. The van der Waals surface area contributed by atoms with Gasteiger partial charge in [-0.2, -0.15) is 0 Å². The molecule has 94 valence electrons. The minimum atomic E-state index is 0.822. The summed E-state index contributed by atoms with van der Waals surface area (Å²) in [7, 11) is 0. The van der Waals surface area contributed by atoms with Gasteiger partial charge in [0.15, 0.2) is 0 Å². The smallest absolute Gasteiger partial charge is 0.0981 e. The molecular formula is C15H17NO2. The summed E-state index contributed by atoms with van der Waals surface area (Å²) >= 11 is 0. The number of anilines is 1. The third kappa shape index (κ3) is 2.14. The summed E-state index contributed by atoms with van der Waals surface area (Å²) in [6.07, 6.45) is 3.50. The number of hydrogen-bond acceptors (Lipinski definition) is 3. The summed E-state index contributed by atoms with van der Waals surface area (Å²) < 4.78 is 10.5. The van der Waals surface area contributed by atoms with Crippen molar-refractivity contribution in [1.29, 1.82) is 0 Å². The van der Waals surface area contributed by atoms with Crippen LogP contribution in [-0.2, 0) is 4.74 Å². The molecule has 1 saturated heterocycles. The quantitative estimate of drug-likeness (QED) is 0.810. The Balaban J connectivity index is 1.89. The van der Waals surface area contributed by atoms with E-state index in [2.05, 4.69) is 30.0 Å². The van der Waals surface area contributed by atoms with Gasteiger partial charge in [0, 0.05) is 24.3 Å². The fourth-order valence-electron chi connectivity index (χ4n) is 2.41. The van der Waals surface area contributed by atoms with E-state index in [4.69, 9.17) is 9.15 Å². The van der Waals surface area contributed by atoms with E-state index in [9.17, 15) is 0 Å². The molecule has 0 amide bonds. The number of nitrogens with zero attached hydrogens (tertiary/aromatic N) is 1. The van der Waals surface area contributed by atoms with Crippen LogP contribution >= 0.6 is 0 Å². The molecule has 3 nitrogen and oxygen atoms in total. The average Bonchev–Trinajstić information content (AvgIpc) is 2.93. The molecular weight excluding hydrogens is 226 g/mol. The van der Waals surface area contributed by atoms with Gasteiger partial charge in [-0.25, -0.2) is 0 Å². The van der Waals surface area contributed by atoms with Crippen LogP contribution in [0.3, 0.4) is 0 Å². The van der Waals surface area contributed by atoms with Crippen molar-refractivity contribution in [3.05, 3.63) is 42.4 Å². The minimum absolute atomic E-state index is 0.822. The van der Waals surface area contributed by atoms with Crippen LogP contribution in [-0.4, -0.2) is 26.3 Å². The van der Waals surface area contributed by atoms with Gasteiger partial charge in [-0.05, 0) is 36.2 Å². The molecule has 1 aliphatic heterocycles. The summed E-state index contributed by atoms with van der Waals surface area (Å²) in [5, 5.41) is 0. The van der Waals surface area contributed by atoms with Crippen molar-refractivity contribution in [2.45, 2.75) is 6.92 Å². The lowest BCUT2D eigenvalue weighted by molar-refractivity contribution is 0.122. The monoisotopic (exact) mass is 243 g/mol. The Bertz CT molecular complexity index is 513. The Morgan fingerprint density at radius 2 is 1.94 bits per heavy atom. The lowest BCUT2D eigenvalue weighted by atomic mass is 10.0. The highest BCUT2D eigenvalue weighted by atomic mass is 16.5. The van der Waals surface area contributed by atoms with Gasteiger partial charge in [0.1, 0.15) is 0 Å². The largest absolute Gasteiger partial charge is 0.472 e. The lowest BCUT2D eigenvalue weighted by Crippen LogP contribution is -2.36. The van der Waals surface area contributed by atoms with Crippen molar-refractivity contribution in [2.24, 2.45) is 0 Å². The van der Waals surface area contributed by atoms with Crippen molar-refractivity contribution in [3.63, 3.8) is 0 Å². The van der Waals surface area contributed by atoms with Crippen LogP contribution in [0.15, 0.2) is 41.2 Å². The number of aryl methyl sites for hydroxylation is 1. The first-order valence-corrected chi connectivity index (χ1v) is 6.30. The maximum absolute atomic E-state index is 5.38. The second kappa shape index (κ2) is 4.86. The molecule has 3 rings (SSSR count). The van der Waals surface area contributed by atoms with E-state index in [0.29, 0.717) is 0 Å². The van der Waals surface area contributed by atoms with Crippen molar-refractivity contribution < 1.29 is 9.15 Å². The molecule has 0 unspecified atom stereocenters. The van der Waals surface area contributed by atoms with Crippen molar-refractivity contribution in [2.75, 3.05) is 31.2 Å². The molecule has 0 radical (unpaired) electrons. The van der Waals surface area contributed by atoms with Gasteiger partial charge in [-0.1, -0.05) is 6.07 Å². The van der Waals surface area contributed by atoms with Gasteiger partial charge in [0.25, 0.3) is 0 Å². The molecule has 0 atom stereocenters. The van der Waals surface area contributed by atoms with E-state index >= 15 is 0 Å². The second-order valence-electron chi connectivity index (χ2n) is 4.61. The van der Waals surface area contributed by atoms with Crippen LogP contribution in [0, 0.1) is 6.92 Å². The molecule has 18 heavy (non-hydrogen) atoms. The minimum Gasteiger partial charge on any atom is -0.472 e. The van der Waals surface area contributed by atoms with Crippen LogP contribution in [0.25, 0.3) is 11.1 Å². The fourth-order valence-corrected chi connectivity index (χ4v) is 2.41. The number of hydrogen-bond donors (Lipinski definition) is 0. The third-order valence-corrected chi connectivity index (χ3v) is 3.42. The van der Waals surface area contributed by atoms with Crippen LogP contribution in [0.5, 0.6) is 0 Å². The third-order valence-electron chi connectivity index (χ3n) is 3.42. The summed E-state index contributed by atoms with van der Waals surface area (Å²) in [5.74, 6) is 0. The van der Waals surface area contributed by atoms with Crippen molar-refractivity contribution in [3.8, 4) is 11.1 Å². The predicted molar refractivity (Wildman–Crippen MR) is 71.9 cm³/mol. The highest BCUT2D eigenvalue weighted by Gasteiger charge is 2.12. The Morgan fingerprint density at radius 3 is 2.61 bits per heavy atom. The van der Waals surface area contributed by atoms with Crippen molar-refractivity contribution >= 4 is 5.69 Å². The number of benzene rings is 1. The zero-order valence-corrected chi connectivity index (χ0v) is 10.6. The van der Waals surface area contributed by atoms with Crippen LogP contribution in [0.2, 0.25) is 0 Å². The van der Waals surface area contributed by atoms with E-state index in [-0.39, 0.29) is 0 Å². The van der Waals surface area contributed by atoms with Crippen LogP contribution in [0.4, 0.5) is 5.69 Å². The molecule has 1 aliphatic rings. The molecule has 0 aliphatic carbocycles. The number of furan rings is 1. The molecule has 1 aromatic carbocycles. The van der Waals surface area contributed by atoms with E-state index in [0.717, 1.165) is 31.9 Å². The van der Waals surface area contributed by atoms with E-state index in [1.165, 1.54) is 16.8 Å². The molecule has 0 bridgehead atoms. The first-order chi connectivity index (χ1) is 8.84. The second-order valence-corrected chi connectivity index (χ2v) is 4.61. The summed E-state index contributed by atoms with van der Waals surface area (Å²) in [6, 6.07) is 8.59. The van der Waals surface area contributed by atoms with Gasteiger partial charge in [0.05, 0.1) is 25.7 Å². The van der Waals surface area contributed by atoms with Gasteiger partial charge >= 0.3 is 0 Å². The maximum atomic E-state index is 5.38. The van der Waals surface area contributed by atoms with Gasteiger partial charge in [-0.15, -0.1) is 0 Å². The van der Waals surface area contributed by atoms with E-state index in [1.54, 1.807) is 12.5 Å². The Labute approximate surface area is 107 Å². The molecule has 1 aromatic heterocycles. The molecule has 0 N–H and O–H groups in total. The zero-order chi connectivity index (χ0) is 12.4. The number of ether oxygens (including phenoxy) is 1. The summed E-state index contributed by atoms with van der Waals surface area (Å²) in [6.45, 7) is 5.74. The number of morpholine rings is 1. The van der Waals surface area contributed by atoms with Gasteiger partial charge < -0.3 is 14.1 Å². The molecule has 2 aromatic rings. The maximum Gasteiger partial charge on any atom is 0.0981 e. The van der Waals surface area contributed by atoms with E-state index < -0.39 is 0 Å². The van der Waals surface area contributed by atoms with Crippen molar-refractivity contribution in [1.82, 2.24) is 0 Å². The van der Waals surface area contributed by atoms with Crippen LogP contribution in [0.1, 0.15) is 5.56 Å². The first kappa shape index (κ1) is 11.4. The average molecular weight is 243 g/mol. The first-order valence-electron chi connectivity index (χ1n) is 6.30. The zero-order valence-electron chi connectivity index (χ0n) is 10.6. The lowest BCUT2D eigenvalue weighted by Gasteiger charge is -2.29. The summed E-state index contributed by atoms with van der Waals surface area (Å²) in [5.41, 5.74) is 4.94. The predicted octanol–water partition coefficient (Wildman–Crippen LogP) is 3.09. The standard InChI is InChI=1S/C15H17NO2/c1-12-10-14(16-5-8-17-9-6-16)2-3-15(12)13-4-7-18-11-13/h2-4,7,10-11H,5-6,8-9H2,1H3. The Morgan fingerprint density at radius 1 is 1.11 bits per heavy atom. The molecule has 0 saturated carbocycles. The van der Waals surface area contributed by atoms with Gasteiger partial charge in [0.2, 0.25) is 0 Å². The highest BCUT2D eigenvalue weighted by Crippen LogP contribution is 2.28. The van der Waals surface area contributed by atoms with E-state index in [1.807, 2.05) is 6.07 Å². The molecule has 0 spiro atoms. The fraction of sp³-hybridized carbons (Fsp3) is 0.333. The molecule has 2 heterocycles. The Kier molecular flexibility index (Phi) is 3.07. The van der Waals surface area contributed by atoms with Gasteiger partial charge in [-0.3, -0.25) is 0 Å². The topological polar surface area (TPSA) is 25.6 Å². The highest BCUT2D eigenvalue weighted by molar-refractivity contribution is 5.69. The molecule has 3 heteroatoms. The van der Waals surface area contributed by atoms with Crippen LogP contribution < -0.4 is 4.90 Å².